The predicted molar refractivity (Wildman–Crippen MR) is 79.9 cm³/mol. The minimum Gasteiger partial charge on any atom is -0.478 e. The van der Waals surface area contributed by atoms with Gasteiger partial charge in [-0.2, -0.15) is 5.10 Å². The van der Waals surface area contributed by atoms with Crippen molar-refractivity contribution < 1.29 is 4.74 Å². The second-order valence-electron chi connectivity index (χ2n) is 4.09. The molecule has 20 heavy (non-hydrogen) atoms. The van der Waals surface area contributed by atoms with E-state index in [2.05, 4.69) is 31.3 Å². The van der Waals surface area contributed by atoms with Crippen LogP contribution in [-0.2, 0) is 13.6 Å². The molecular weight excluding hydrogens is 324 g/mol. The van der Waals surface area contributed by atoms with E-state index in [9.17, 15) is 4.79 Å². The highest BCUT2D eigenvalue weighted by Gasteiger charge is 2.06. The van der Waals surface area contributed by atoms with Crippen LogP contribution >= 0.6 is 15.9 Å². The number of aryl methyl sites for hydroxylation is 1. The lowest BCUT2D eigenvalue weighted by atomic mass is 10.2. The van der Waals surface area contributed by atoms with Gasteiger partial charge in [-0.3, -0.25) is 4.79 Å². The standard InChI is InChI=1S/C13H15BrN4O2/c1-3-20-11-6-9(4-5-15-11)7-16-10-8-17-18(2)13(19)12(10)14/h4-6,8,16H,3,7H2,1-2H3. The third-order valence-corrected chi connectivity index (χ3v) is 3.42. The Morgan fingerprint density at radius 1 is 1.50 bits per heavy atom. The number of halogens is 1. The van der Waals surface area contributed by atoms with Crippen LogP contribution in [0.5, 0.6) is 5.88 Å². The fraction of sp³-hybridized carbons (Fsp3) is 0.308. The van der Waals surface area contributed by atoms with Gasteiger partial charge < -0.3 is 10.1 Å². The Hall–Kier alpha value is -1.89. The highest BCUT2D eigenvalue weighted by Crippen LogP contribution is 2.17. The number of aromatic nitrogens is 3. The lowest BCUT2D eigenvalue weighted by molar-refractivity contribution is 0.326. The van der Waals surface area contributed by atoms with Gasteiger partial charge in [0, 0.05) is 25.9 Å². The summed E-state index contributed by atoms with van der Waals surface area (Å²) in [6, 6.07) is 3.75. The minimum absolute atomic E-state index is 0.181. The van der Waals surface area contributed by atoms with Crippen molar-refractivity contribution in [1.29, 1.82) is 0 Å². The lowest BCUT2D eigenvalue weighted by Crippen LogP contribution is -2.21. The minimum atomic E-state index is -0.181. The Balaban J connectivity index is 2.11. The van der Waals surface area contributed by atoms with Crippen LogP contribution in [-0.4, -0.2) is 21.4 Å². The maximum atomic E-state index is 11.7. The van der Waals surface area contributed by atoms with Crippen molar-refractivity contribution in [3.63, 3.8) is 0 Å². The van der Waals surface area contributed by atoms with Gasteiger partial charge in [-0.1, -0.05) is 0 Å². The molecule has 2 rings (SSSR count). The first-order valence-electron chi connectivity index (χ1n) is 6.15. The van der Waals surface area contributed by atoms with E-state index in [-0.39, 0.29) is 5.56 Å². The molecule has 0 bridgehead atoms. The molecule has 0 aliphatic heterocycles. The van der Waals surface area contributed by atoms with E-state index in [4.69, 9.17) is 4.74 Å². The van der Waals surface area contributed by atoms with Crippen molar-refractivity contribution in [3.8, 4) is 5.88 Å². The smallest absolute Gasteiger partial charge is 0.282 e. The van der Waals surface area contributed by atoms with Crippen molar-refractivity contribution in [2.75, 3.05) is 11.9 Å². The maximum absolute atomic E-state index is 11.7. The highest BCUT2D eigenvalue weighted by molar-refractivity contribution is 9.10. The van der Waals surface area contributed by atoms with Gasteiger partial charge in [0.1, 0.15) is 4.47 Å². The molecule has 0 spiro atoms. The van der Waals surface area contributed by atoms with Gasteiger partial charge in [0.25, 0.3) is 5.56 Å². The van der Waals surface area contributed by atoms with Gasteiger partial charge in [-0.15, -0.1) is 0 Å². The number of nitrogens with one attached hydrogen (secondary N) is 1. The summed E-state index contributed by atoms with van der Waals surface area (Å²) in [5.41, 5.74) is 1.48. The van der Waals surface area contributed by atoms with E-state index in [1.54, 1.807) is 19.4 Å². The van der Waals surface area contributed by atoms with Gasteiger partial charge >= 0.3 is 0 Å². The number of pyridine rings is 1. The van der Waals surface area contributed by atoms with E-state index in [0.717, 1.165) is 5.56 Å². The first-order chi connectivity index (χ1) is 9.61. The molecule has 6 nitrogen and oxygen atoms in total. The number of nitrogens with zero attached hydrogens (tertiary/aromatic N) is 3. The molecule has 2 aromatic heterocycles. The molecule has 1 N–H and O–H groups in total. The van der Waals surface area contributed by atoms with Crippen molar-refractivity contribution in [1.82, 2.24) is 14.8 Å². The molecule has 2 aromatic rings. The average Bonchev–Trinajstić information content (AvgIpc) is 2.45. The molecule has 0 amide bonds. The number of hydrogen-bond acceptors (Lipinski definition) is 5. The van der Waals surface area contributed by atoms with Crippen LogP contribution < -0.4 is 15.6 Å². The summed E-state index contributed by atoms with van der Waals surface area (Å²) in [4.78, 5) is 15.8. The summed E-state index contributed by atoms with van der Waals surface area (Å²) in [5, 5.41) is 7.13. The Labute approximate surface area is 124 Å². The number of anilines is 1. The van der Waals surface area contributed by atoms with Crippen molar-refractivity contribution in [2.45, 2.75) is 13.5 Å². The van der Waals surface area contributed by atoms with Crippen molar-refractivity contribution >= 4 is 21.6 Å². The van der Waals surface area contributed by atoms with Crippen LogP contribution in [0.2, 0.25) is 0 Å². The zero-order valence-electron chi connectivity index (χ0n) is 11.3. The second-order valence-corrected chi connectivity index (χ2v) is 4.88. The Kier molecular flexibility index (Phi) is 4.73. The molecule has 0 radical (unpaired) electrons. The fourth-order valence-electron chi connectivity index (χ4n) is 1.62. The third-order valence-electron chi connectivity index (χ3n) is 2.65. The van der Waals surface area contributed by atoms with Gasteiger partial charge in [0.05, 0.1) is 18.5 Å². The SMILES string of the molecule is CCOc1cc(CNc2cnn(C)c(=O)c2Br)ccn1. The first kappa shape index (κ1) is 14.5. The molecule has 0 aliphatic carbocycles. The van der Waals surface area contributed by atoms with Crippen LogP contribution in [0.4, 0.5) is 5.69 Å². The first-order valence-corrected chi connectivity index (χ1v) is 6.94. The zero-order chi connectivity index (χ0) is 14.5. The number of rotatable bonds is 5. The normalized spacial score (nSPS) is 10.3. The quantitative estimate of drug-likeness (QED) is 0.902. The summed E-state index contributed by atoms with van der Waals surface area (Å²) in [5.74, 6) is 0.591. The highest BCUT2D eigenvalue weighted by atomic mass is 79.9. The van der Waals surface area contributed by atoms with Crippen LogP contribution in [0.1, 0.15) is 12.5 Å². The summed E-state index contributed by atoms with van der Waals surface area (Å²) >= 11 is 3.27. The number of hydrogen-bond donors (Lipinski definition) is 1. The average molecular weight is 339 g/mol. The maximum Gasteiger partial charge on any atom is 0.282 e. The number of ether oxygens (including phenoxy) is 1. The third kappa shape index (κ3) is 3.36. The molecule has 2 heterocycles. The van der Waals surface area contributed by atoms with Crippen LogP contribution in [0.15, 0.2) is 33.8 Å². The monoisotopic (exact) mass is 338 g/mol. The van der Waals surface area contributed by atoms with Crippen molar-refractivity contribution in [3.05, 3.63) is 44.9 Å². The predicted octanol–water partition coefficient (Wildman–Crippen LogP) is 1.95. The van der Waals surface area contributed by atoms with E-state index in [1.165, 1.54) is 4.68 Å². The molecule has 0 saturated heterocycles. The second kappa shape index (κ2) is 6.51. The van der Waals surface area contributed by atoms with Gasteiger partial charge in [-0.25, -0.2) is 9.67 Å². The molecule has 0 saturated carbocycles. The molecule has 7 heteroatoms. The van der Waals surface area contributed by atoms with Gasteiger partial charge in [0.15, 0.2) is 0 Å². The van der Waals surface area contributed by atoms with E-state index in [1.807, 2.05) is 19.1 Å². The van der Waals surface area contributed by atoms with Crippen molar-refractivity contribution in [2.24, 2.45) is 7.05 Å². The van der Waals surface area contributed by atoms with E-state index >= 15 is 0 Å². The van der Waals surface area contributed by atoms with Gasteiger partial charge in [-0.05, 0) is 34.5 Å². The Bertz CT molecular complexity index is 657. The molecule has 0 aliphatic rings. The van der Waals surface area contributed by atoms with E-state index < -0.39 is 0 Å². The summed E-state index contributed by atoms with van der Waals surface area (Å²) in [6.07, 6.45) is 3.30. The topological polar surface area (TPSA) is 69.0 Å². The molecule has 106 valence electrons. The lowest BCUT2D eigenvalue weighted by Gasteiger charge is -2.09. The molecule has 0 fully saturated rings. The molecular formula is C13H15BrN4O2. The fourth-order valence-corrected chi connectivity index (χ4v) is 2.12. The van der Waals surface area contributed by atoms with Crippen LogP contribution in [0.3, 0.4) is 0 Å². The summed E-state index contributed by atoms with van der Waals surface area (Å²) in [7, 11) is 1.61. The van der Waals surface area contributed by atoms with Gasteiger partial charge in [0.2, 0.25) is 5.88 Å². The Morgan fingerprint density at radius 3 is 3.05 bits per heavy atom. The largest absolute Gasteiger partial charge is 0.478 e. The molecule has 0 unspecified atom stereocenters. The van der Waals surface area contributed by atoms with E-state index in [0.29, 0.717) is 29.2 Å². The summed E-state index contributed by atoms with van der Waals surface area (Å²) in [6.45, 7) is 3.04. The summed E-state index contributed by atoms with van der Waals surface area (Å²) < 4.78 is 7.08. The van der Waals surface area contributed by atoms with Crippen LogP contribution in [0, 0.1) is 0 Å². The van der Waals surface area contributed by atoms with Crippen LogP contribution in [0.25, 0.3) is 0 Å². The Morgan fingerprint density at radius 2 is 2.30 bits per heavy atom. The zero-order valence-corrected chi connectivity index (χ0v) is 12.8. The molecule has 0 aromatic carbocycles. The molecule has 0 atom stereocenters.